The van der Waals surface area contributed by atoms with Crippen LogP contribution in [0.15, 0.2) is 53.4 Å². The van der Waals surface area contributed by atoms with Gasteiger partial charge in [0, 0.05) is 18.7 Å². The number of aromatic nitrogens is 2. The highest BCUT2D eigenvalue weighted by Crippen LogP contribution is 2.16. The molecule has 0 aliphatic carbocycles. The first kappa shape index (κ1) is 18.6. The van der Waals surface area contributed by atoms with Crippen molar-refractivity contribution in [3.05, 3.63) is 54.1 Å². The molecule has 1 unspecified atom stereocenters. The van der Waals surface area contributed by atoms with Gasteiger partial charge in [0.05, 0.1) is 22.0 Å². The number of fused-ring (bicyclic) bond motifs is 1. The van der Waals surface area contributed by atoms with Gasteiger partial charge >= 0.3 is 0 Å². The number of carbonyl (C=O) groups is 1. The lowest BCUT2D eigenvalue weighted by Gasteiger charge is -2.11. The number of imidazole rings is 1. The highest BCUT2D eigenvalue weighted by molar-refractivity contribution is 7.89. The van der Waals surface area contributed by atoms with E-state index in [4.69, 9.17) is 4.74 Å². The highest BCUT2D eigenvalue weighted by atomic mass is 32.2. The number of para-hydroxylation sites is 2. The summed E-state index contributed by atoms with van der Waals surface area (Å²) in [6, 6.07) is 13.2. The Kier molecular flexibility index (Phi) is 5.12. The van der Waals surface area contributed by atoms with Crippen LogP contribution in [0.2, 0.25) is 0 Å². The lowest BCUT2D eigenvalue weighted by Crippen LogP contribution is -2.31. The first-order valence-corrected chi connectivity index (χ1v) is 10.5. The van der Waals surface area contributed by atoms with Crippen LogP contribution in [0, 0.1) is 0 Å². The summed E-state index contributed by atoms with van der Waals surface area (Å²) in [4.78, 5) is 19.8. The second-order valence-corrected chi connectivity index (χ2v) is 8.33. The number of carbonyl (C=O) groups excluding carboxylic acids is 1. The van der Waals surface area contributed by atoms with Crippen LogP contribution in [0.4, 0.5) is 5.95 Å². The van der Waals surface area contributed by atoms with Gasteiger partial charge in [0.1, 0.15) is 0 Å². The number of hydrogen-bond donors (Lipinski definition) is 3. The van der Waals surface area contributed by atoms with Crippen molar-refractivity contribution in [1.29, 1.82) is 0 Å². The van der Waals surface area contributed by atoms with Gasteiger partial charge in [-0.3, -0.25) is 10.1 Å². The normalized spacial score (nSPS) is 17.1. The predicted octanol–water partition coefficient (Wildman–Crippen LogP) is 2.27. The van der Waals surface area contributed by atoms with Gasteiger partial charge in [0.25, 0.3) is 5.91 Å². The molecule has 8 nitrogen and oxygen atoms in total. The van der Waals surface area contributed by atoms with E-state index in [1.807, 2.05) is 24.3 Å². The van der Waals surface area contributed by atoms with Crippen LogP contribution in [0.1, 0.15) is 23.2 Å². The summed E-state index contributed by atoms with van der Waals surface area (Å²) in [6.07, 6.45) is 1.72. The molecule has 0 radical (unpaired) electrons. The van der Waals surface area contributed by atoms with Crippen LogP contribution >= 0.6 is 0 Å². The second kappa shape index (κ2) is 7.70. The van der Waals surface area contributed by atoms with Crippen molar-refractivity contribution in [2.24, 2.45) is 0 Å². The van der Waals surface area contributed by atoms with Crippen molar-refractivity contribution in [1.82, 2.24) is 14.7 Å². The Morgan fingerprint density at radius 2 is 1.96 bits per heavy atom. The number of hydrogen-bond acceptors (Lipinski definition) is 5. The molecule has 1 fully saturated rings. The molecule has 4 rings (SSSR count). The highest BCUT2D eigenvalue weighted by Gasteiger charge is 2.20. The van der Waals surface area contributed by atoms with Crippen LogP contribution in [0.25, 0.3) is 11.0 Å². The van der Waals surface area contributed by atoms with Crippen LogP contribution in [0.5, 0.6) is 0 Å². The third kappa shape index (κ3) is 4.06. The minimum atomic E-state index is -3.65. The average molecular weight is 400 g/mol. The van der Waals surface area contributed by atoms with Gasteiger partial charge in [-0.15, -0.1) is 0 Å². The Bertz CT molecular complexity index is 1050. The maximum Gasteiger partial charge on any atom is 0.257 e. The molecular weight excluding hydrogens is 380 g/mol. The van der Waals surface area contributed by atoms with Crippen molar-refractivity contribution in [2.45, 2.75) is 23.8 Å². The monoisotopic (exact) mass is 400 g/mol. The molecule has 9 heteroatoms. The number of nitrogens with zero attached hydrogens (tertiary/aromatic N) is 1. The summed E-state index contributed by atoms with van der Waals surface area (Å²) >= 11 is 0. The van der Waals surface area contributed by atoms with Gasteiger partial charge in [-0.25, -0.2) is 18.1 Å². The van der Waals surface area contributed by atoms with Crippen molar-refractivity contribution in [3.8, 4) is 0 Å². The van der Waals surface area contributed by atoms with E-state index < -0.39 is 10.0 Å². The number of benzene rings is 2. The van der Waals surface area contributed by atoms with E-state index in [0.717, 1.165) is 23.9 Å². The molecule has 1 amide bonds. The topological polar surface area (TPSA) is 113 Å². The molecule has 146 valence electrons. The van der Waals surface area contributed by atoms with Crippen molar-refractivity contribution in [2.75, 3.05) is 18.5 Å². The van der Waals surface area contributed by atoms with Crippen LogP contribution in [-0.4, -0.2) is 43.5 Å². The van der Waals surface area contributed by atoms with E-state index in [1.165, 1.54) is 24.3 Å². The zero-order valence-corrected chi connectivity index (χ0v) is 15.8. The molecule has 1 saturated heterocycles. The Labute approximate surface area is 162 Å². The van der Waals surface area contributed by atoms with Crippen LogP contribution < -0.4 is 10.0 Å². The van der Waals surface area contributed by atoms with E-state index in [9.17, 15) is 13.2 Å². The zero-order chi connectivity index (χ0) is 19.6. The number of aromatic amines is 1. The van der Waals surface area contributed by atoms with Crippen LogP contribution in [-0.2, 0) is 14.8 Å². The maximum atomic E-state index is 12.4. The molecule has 1 atom stereocenters. The molecule has 0 bridgehead atoms. The predicted molar refractivity (Wildman–Crippen MR) is 105 cm³/mol. The van der Waals surface area contributed by atoms with Crippen molar-refractivity contribution < 1.29 is 17.9 Å². The minimum Gasteiger partial charge on any atom is -0.377 e. The smallest absolute Gasteiger partial charge is 0.257 e. The largest absolute Gasteiger partial charge is 0.377 e. The summed E-state index contributed by atoms with van der Waals surface area (Å²) in [6.45, 7) is 0.915. The van der Waals surface area contributed by atoms with Gasteiger partial charge in [0.15, 0.2) is 0 Å². The summed E-state index contributed by atoms with van der Waals surface area (Å²) in [7, 11) is -3.65. The summed E-state index contributed by atoms with van der Waals surface area (Å²) < 4.78 is 32.7. The average Bonchev–Trinajstić information content (AvgIpc) is 3.35. The molecule has 0 spiro atoms. The van der Waals surface area contributed by atoms with Gasteiger partial charge in [-0.2, -0.15) is 0 Å². The van der Waals surface area contributed by atoms with Crippen molar-refractivity contribution >= 4 is 32.9 Å². The molecule has 3 N–H and O–H groups in total. The van der Waals surface area contributed by atoms with Gasteiger partial charge < -0.3 is 9.72 Å². The molecule has 28 heavy (non-hydrogen) atoms. The van der Waals surface area contributed by atoms with E-state index in [2.05, 4.69) is 20.0 Å². The lowest BCUT2D eigenvalue weighted by molar-refractivity contribution is 0.102. The van der Waals surface area contributed by atoms with E-state index in [-0.39, 0.29) is 23.5 Å². The van der Waals surface area contributed by atoms with E-state index in [1.54, 1.807) is 0 Å². The summed E-state index contributed by atoms with van der Waals surface area (Å²) in [5, 5.41) is 2.68. The molecule has 0 saturated carbocycles. The summed E-state index contributed by atoms with van der Waals surface area (Å²) in [5.41, 5.74) is 1.90. The SMILES string of the molecule is O=C(Nc1nc2ccccc2[nH]1)c1ccc(S(=O)(=O)NCC2CCCO2)cc1. The molecule has 2 heterocycles. The maximum absolute atomic E-state index is 12.4. The molecule has 1 aliphatic heterocycles. The number of nitrogens with one attached hydrogen (secondary N) is 3. The van der Waals surface area contributed by atoms with Crippen molar-refractivity contribution in [3.63, 3.8) is 0 Å². The summed E-state index contributed by atoms with van der Waals surface area (Å²) in [5.74, 6) is -0.0450. The van der Waals surface area contributed by atoms with Gasteiger partial charge in [-0.1, -0.05) is 12.1 Å². The van der Waals surface area contributed by atoms with Gasteiger partial charge in [-0.05, 0) is 49.2 Å². The number of amides is 1. The third-order valence-corrected chi connectivity index (χ3v) is 6.01. The molecular formula is C19H20N4O4S. The molecule has 3 aromatic rings. The Hall–Kier alpha value is -2.75. The fourth-order valence-corrected chi connectivity index (χ4v) is 4.13. The fraction of sp³-hybridized carbons (Fsp3) is 0.263. The fourth-order valence-electron chi connectivity index (χ4n) is 3.07. The zero-order valence-electron chi connectivity index (χ0n) is 15.0. The molecule has 2 aromatic carbocycles. The number of rotatable bonds is 6. The lowest BCUT2D eigenvalue weighted by atomic mass is 10.2. The first-order valence-electron chi connectivity index (χ1n) is 8.99. The van der Waals surface area contributed by atoms with E-state index >= 15 is 0 Å². The van der Waals surface area contributed by atoms with E-state index in [0.29, 0.717) is 18.1 Å². The van der Waals surface area contributed by atoms with Gasteiger partial charge in [0.2, 0.25) is 16.0 Å². The minimum absolute atomic E-state index is 0.0800. The van der Waals surface area contributed by atoms with Crippen LogP contribution in [0.3, 0.4) is 0 Å². The first-order chi connectivity index (χ1) is 13.5. The standard InChI is InChI=1S/C19H20N4O4S/c24-18(23-19-21-16-5-1-2-6-17(16)22-19)13-7-9-15(10-8-13)28(25,26)20-12-14-4-3-11-27-14/h1-2,5-10,14,20H,3-4,11-12H2,(H2,21,22,23,24). The quantitative estimate of drug-likeness (QED) is 0.587. The Balaban J connectivity index is 1.42. The Morgan fingerprint density at radius 1 is 1.18 bits per heavy atom. The Morgan fingerprint density at radius 3 is 2.68 bits per heavy atom. The third-order valence-electron chi connectivity index (χ3n) is 4.57. The molecule has 1 aliphatic rings. The number of H-pyrrole nitrogens is 1. The number of sulfonamides is 1. The number of ether oxygens (including phenoxy) is 1. The molecule has 1 aromatic heterocycles. The second-order valence-electron chi connectivity index (χ2n) is 6.57. The number of anilines is 1.